The van der Waals surface area contributed by atoms with Crippen molar-refractivity contribution in [2.45, 2.75) is 45.2 Å². The Morgan fingerprint density at radius 2 is 1.86 bits per heavy atom. The number of rotatable bonds is 12. The molecule has 0 bridgehead atoms. The van der Waals surface area contributed by atoms with E-state index in [1.165, 1.54) is 12.8 Å². The number of nitrogens with zero attached hydrogens (tertiary/aromatic N) is 1. The highest BCUT2D eigenvalue weighted by Crippen LogP contribution is 2.28. The Morgan fingerprint density at radius 1 is 1.17 bits per heavy atom. The summed E-state index contributed by atoms with van der Waals surface area (Å²) in [5, 5.41) is 16.2. The third kappa shape index (κ3) is 11.1. The van der Waals surface area contributed by atoms with Crippen molar-refractivity contribution in [3.63, 3.8) is 0 Å². The van der Waals surface area contributed by atoms with Gasteiger partial charge < -0.3 is 25.2 Å². The fourth-order valence-corrected chi connectivity index (χ4v) is 2.47. The lowest BCUT2D eigenvalue weighted by atomic mass is 10.1. The van der Waals surface area contributed by atoms with E-state index in [0.29, 0.717) is 50.3 Å². The predicted molar refractivity (Wildman–Crippen MR) is 105 cm³/mol. The second-order valence-electron chi connectivity index (χ2n) is 7.14. The fraction of sp³-hybridized carbons (Fsp3) is 0.650. The third-order valence-electron chi connectivity index (χ3n) is 4.19. The van der Waals surface area contributed by atoms with Gasteiger partial charge in [0.2, 0.25) is 0 Å². The van der Waals surface area contributed by atoms with Gasteiger partial charge in [-0.1, -0.05) is 24.3 Å². The molecule has 29 heavy (non-hydrogen) atoms. The van der Waals surface area contributed by atoms with E-state index >= 15 is 0 Å². The van der Waals surface area contributed by atoms with Crippen LogP contribution in [0.25, 0.3) is 0 Å². The number of aliphatic imine (C=N–C) groups is 1. The van der Waals surface area contributed by atoms with Crippen molar-refractivity contribution < 1.29 is 27.8 Å². The molecule has 0 aliphatic heterocycles. The number of guanidine groups is 1. The van der Waals surface area contributed by atoms with Crippen molar-refractivity contribution in [3.8, 4) is 0 Å². The number of aliphatic hydroxyl groups excluding tert-OH is 1. The van der Waals surface area contributed by atoms with Gasteiger partial charge in [-0.25, -0.2) is 4.99 Å². The van der Waals surface area contributed by atoms with Gasteiger partial charge in [-0.15, -0.1) is 0 Å². The Hall–Kier alpha value is -1.84. The highest BCUT2D eigenvalue weighted by Gasteiger charge is 2.27. The van der Waals surface area contributed by atoms with Crippen LogP contribution in [0.1, 0.15) is 30.9 Å². The molecule has 1 aliphatic carbocycles. The van der Waals surface area contributed by atoms with E-state index in [1.807, 2.05) is 6.92 Å². The van der Waals surface area contributed by atoms with Crippen molar-refractivity contribution >= 4 is 5.96 Å². The first-order valence-electron chi connectivity index (χ1n) is 9.86. The summed E-state index contributed by atoms with van der Waals surface area (Å²) in [5.74, 6) is 1.24. The van der Waals surface area contributed by atoms with Gasteiger partial charge in [-0.05, 0) is 36.8 Å². The molecule has 1 aromatic rings. The highest BCUT2D eigenvalue weighted by atomic mass is 19.4. The van der Waals surface area contributed by atoms with Crippen LogP contribution in [-0.4, -0.2) is 56.3 Å². The zero-order chi connectivity index (χ0) is 21.1. The van der Waals surface area contributed by atoms with Gasteiger partial charge in [0, 0.05) is 19.7 Å². The Labute approximate surface area is 169 Å². The smallest absolute Gasteiger partial charge is 0.389 e. The van der Waals surface area contributed by atoms with Crippen LogP contribution < -0.4 is 10.6 Å². The number of aliphatic hydroxyl groups is 1. The van der Waals surface area contributed by atoms with Crippen molar-refractivity contribution in [1.82, 2.24) is 10.6 Å². The van der Waals surface area contributed by atoms with Crippen LogP contribution in [0.3, 0.4) is 0 Å². The summed E-state index contributed by atoms with van der Waals surface area (Å²) in [6.45, 7) is 3.00. The Morgan fingerprint density at radius 3 is 2.48 bits per heavy atom. The summed E-state index contributed by atoms with van der Waals surface area (Å²) in [6, 6.07) is 7.06. The summed E-state index contributed by atoms with van der Waals surface area (Å²) in [5.41, 5.74) is 1.58. The zero-order valence-electron chi connectivity index (χ0n) is 16.7. The van der Waals surface area contributed by atoms with Crippen molar-refractivity contribution in [1.29, 1.82) is 0 Å². The van der Waals surface area contributed by atoms with Crippen LogP contribution in [0.4, 0.5) is 13.2 Å². The molecule has 3 N–H and O–H groups in total. The summed E-state index contributed by atoms with van der Waals surface area (Å²) < 4.78 is 46.4. The average Bonchev–Trinajstić information content (AvgIpc) is 3.48. The maximum absolute atomic E-state index is 12.1. The maximum atomic E-state index is 12.1. The van der Waals surface area contributed by atoms with Gasteiger partial charge in [0.15, 0.2) is 5.96 Å². The molecule has 1 atom stereocenters. The molecule has 1 fully saturated rings. The molecule has 164 valence electrons. The highest BCUT2D eigenvalue weighted by molar-refractivity contribution is 5.79. The zero-order valence-corrected chi connectivity index (χ0v) is 16.7. The normalized spacial score (nSPS) is 16.0. The minimum atomic E-state index is -4.32. The molecule has 0 spiro atoms. The first-order chi connectivity index (χ1) is 13.9. The first kappa shape index (κ1) is 23.4. The minimum Gasteiger partial charge on any atom is -0.389 e. The molecule has 1 unspecified atom stereocenters. The van der Waals surface area contributed by atoms with Gasteiger partial charge in [0.1, 0.15) is 6.61 Å². The number of hydrogen-bond acceptors (Lipinski definition) is 4. The molecule has 1 aromatic carbocycles. The number of ether oxygens (including phenoxy) is 2. The molecular formula is C20H30F3N3O3. The van der Waals surface area contributed by atoms with E-state index in [4.69, 9.17) is 4.74 Å². The largest absolute Gasteiger partial charge is 0.411 e. The maximum Gasteiger partial charge on any atom is 0.411 e. The van der Waals surface area contributed by atoms with Crippen LogP contribution >= 0.6 is 0 Å². The lowest BCUT2D eigenvalue weighted by Crippen LogP contribution is -2.42. The Bertz CT molecular complexity index is 620. The molecule has 9 heteroatoms. The monoisotopic (exact) mass is 417 g/mol. The molecular weight excluding hydrogens is 387 g/mol. The predicted octanol–water partition coefficient (Wildman–Crippen LogP) is 2.61. The fourth-order valence-electron chi connectivity index (χ4n) is 2.47. The first-order valence-corrected chi connectivity index (χ1v) is 9.86. The van der Waals surface area contributed by atoms with E-state index in [-0.39, 0.29) is 6.61 Å². The topological polar surface area (TPSA) is 75.1 Å². The number of benzene rings is 1. The Kier molecular flexibility index (Phi) is 9.69. The van der Waals surface area contributed by atoms with E-state index in [9.17, 15) is 18.3 Å². The lowest BCUT2D eigenvalue weighted by molar-refractivity contribution is -0.176. The molecule has 0 heterocycles. The van der Waals surface area contributed by atoms with Crippen LogP contribution in [0.15, 0.2) is 29.3 Å². The van der Waals surface area contributed by atoms with Crippen LogP contribution in [-0.2, 0) is 22.6 Å². The van der Waals surface area contributed by atoms with Crippen LogP contribution in [0.2, 0.25) is 0 Å². The van der Waals surface area contributed by atoms with Crippen molar-refractivity contribution in [2.24, 2.45) is 10.9 Å². The summed E-state index contributed by atoms with van der Waals surface area (Å²) in [4.78, 5) is 4.46. The summed E-state index contributed by atoms with van der Waals surface area (Å²) in [7, 11) is 0. The number of halogens is 3. The van der Waals surface area contributed by atoms with Gasteiger partial charge in [-0.2, -0.15) is 13.2 Å². The Balaban J connectivity index is 1.73. The van der Waals surface area contributed by atoms with Crippen LogP contribution in [0.5, 0.6) is 0 Å². The van der Waals surface area contributed by atoms with Crippen molar-refractivity contribution in [2.75, 3.05) is 32.9 Å². The molecule has 1 saturated carbocycles. The van der Waals surface area contributed by atoms with Gasteiger partial charge in [-0.3, -0.25) is 0 Å². The molecule has 2 rings (SSSR count). The van der Waals surface area contributed by atoms with E-state index in [1.54, 1.807) is 24.3 Å². The van der Waals surface area contributed by atoms with Crippen LogP contribution in [0, 0.1) is 5.92 Å². The summed E-state index contributed by atoms with van der Waals surface area (Å²) >= 11 is 0. The average molecular weight is 417 g/mol. The minimum absolute atomic E-state index is 0.0893. The third-order valence-corrected chi connectivity index (χ3v) is 4.19. The SMILES string of the molecule is CCNC(=NCc1ccc(COCC(F)(F)F)cc1)NCC(O)COCC1CC1. The van der Waals surface area contributed by atoms with Gasteiger partial charge in [0.25, 0.3) is 0 Å². The second-order valence-corrected chi connectivity index (χ2v) is 7.14. The van der Waals surface area contributed by atoms with E-state index in [2.05, 4.69) is 20.4 Å². The quantitative estimate of drug-likeness (QED) is 0.360. The molecule has 0 saturated heterocycles. The molecule has 0 radical (unpaired) electrons. The van der Waals surface area contributed by atoms with Gasteiger partial charge >= 0.3 is 6.18 Å². The second kappa shape index (κ2) is 12.0. The standard InChI is InChI=1S/C20H30F3N3O3/c1-2-24-19(26-10-18(27)13-28-11-16-7-8-16)25-9-15-3-5-17(6-4-15)12-29-14-20(21,22)23/h3-6,16,18,27H,2,7-14H2,1H3,(H2,24,25,26). The molecule has 6 nitrogen and oxygen atoms in total. The number of nitrogens with one attached hydrogen (secondary N) is 2. The molecule has 1 aliphatic rings. The van der Waals surface area contributed by atoms with E-state index < -0.39 is 18.9 Å². The number of hydrogen-bond donors (Lipinski definition) is 3. The molecule has 0 aromatic heterocycles. The summed E-state index contributed by atoms with van der Waals surface area (Å²) in [6.07, 6.45) is -2.50. The van der Waals surface area contributed by atoms with E-state index in [0.717, 1.165) is 5.56 Å². The lowest BCUT2D eigenvalue weighted by Gasteiger charge is -2.15. The van der Waals surface area contributed by atoms with Crippen molar-refractivity contribution in [3.05, 3.63) is 35.4 Å². The van der Waals surface area contributed by atoms with Gasteiger partial charge in [0.05, 0.1) is 25.9 Å². The molecule has 0 amide bonds. The number of alkyl halides is 3.